The van der Waals surface area contributed by atoms with E-state index in [-0.39, 0.29) is 11.4 Å². The Morgan fingerprint density at radius 1 is 1.69 bits per heavy atom. The summed E-state index contributed by atoms with van der Waals surface area (Å²) in [6, 6.07) is 0. The minimum absolute atomic E-state index is 0.0266. The molecule has 0 radical (unpaired) electrons. The lowest BCUT2D eigenvalue weighted by Crippen LogP contribution is -2.48. The molecule has 0 saturated carbocycles. The zero-order valence-electron chi connectivity index (χ0n) is 7.47. The Kier molecular flexibility index (Phi) is 1.86. The van der Waals surface area contributed by atoms with Crippen LogP contribution in [0.25, 0.3) is 0 Å². The van der Waals surface area contributed by atoms with Gasteiger partial charge in [0.05, 0.1) is 15.3 Å². The summed E-state index contributed by atoms with van der Waals surface area (Å²) >= 11 is 2.13. The molecule has 5 heteroatoms. The van der Waals surface area contributed by atoms with Crippen molar-refractivity contribution in [2.45, 2.75) is 19.4 Å². The number of amides is 1. The maximum atomic E-state index is 11.5. The molecule has 1 aliphatic rings. The average molecular weight is 291 g/mol. The van der Waals surface area contributed by atoms with Crippen LogP contribution in [0.2, 0.25) is 0 Å². The third-order valence-corrected chi connectivity index (χ3v) is 2.98. The molecule has 13 heavy (non-hydrogen) atoms. The molecule has 1 N–H and O–H groups in total. The molecule has 0 unspecified atom stereocenters. The third kappa shape index (κ3) is 1.25. The highest BCUT2D eigenvalue weighted by molar-refractivity contribution is 14.1. The molecule has 1 aromatic heterocycles. The quantitative estimate of drug-likeness (QED) is 0.724. The van der Waals surface area contributed by atoms with Crippen LogP contribution in [0, 0.1) is 3.57 Å². The van der Waals surface area contributed by atoms with Gasteiger partial charge in [-0.2, -0.15) is 5.10 Å². The van der Waals surface area contributed by atoms with Gasteiger partial charge in [-0.05, 0) is 36.4 Å². The summed E-state index contributed by atoms with van der Waals surface area (Å²) in [6.07, 6.45) is 1.72. The maximum absolute atomic E-state index is 11.5. The second kappa shape index (κ2) is 2.70. The van der Waals surface area contributed by atoms with E-state index in [0.29, 0.717) is 12.2 Å². The summed E-state index contributed by atoms with van der Waals surface area (Å²) in [5.41, 5.74) is 0.559. The number of fused-ring (bicyclic) bond motifs is 1. The molecule has 70 valence electrons. The van der Waals surface area contributed by atoms with Crippen molar-refractivity contribution < 1.29 is 4.79 Å². The van der Waals surface area contributed by atoms with E-state index in [9.17, 15) is 4.79 Å². The van der Waals surface area contributed by atoms with Crippen LogP contribution < -0.4 is 5.32 Å². The highest BCUT2D eigenvalue weighted by atomic mass is 127. The summed E-state index contributed by atoms with van der Waals surface area (Å²) in [5.74, 6) is -0.0266. The molecule has 0 atom stereocenters. The number of rotatable bonds is 0. The fourth-order valence-electron chi connectivity index (χ4n) is 1.45. The molecular formula is C8H10IN3O. The molecule has 0 aromatic carbocycles. The second-order valence-corrected chi connectivity index (χ2v) is 4.91. The number of aromatic nitrogens is 2. The molecule has 1 amide bonds. The lowest BCUT2D eigenvalue weighted by Gasteiger charge is -2.31. The van der Waals surface area contributed by atoms with Crippen molar-refractivity contribution in [3.8, 4) is 0 Å². The first-order chi connectivity index (χ1) is 6.02. The number of nitrogens with zero attached hydrogens (tertiary/aromatic N) is 2. The van der Waals surface area contributed by atoms with Gasteiger partial charge >= 0.3 is 0 Å². The van der Waals surface area contributed by atoms with Gasteiger partial charge in [-0.15, -0.1) is 0 Å². The van der Waals surface area contributed by atoms with E-state index < -0.39 is 0 Å². The van der Waals surface area contributed by atoms with Crippen LogP contribution in [-0.2, 0) is 5.54 Å². The van der Waals surface area contributed by atoms with Crippen molar-refractivity contribution in [2.75, 3.05) is 6.54 Å². The first-order valence-electron chi connectivity index (χ1n) is 4.04. The zero-order chi connectivity index (χ0) is 9.64. The standard InChI is InChI=1S/C8H10IN3O/c1-8(2)4-10-7(13)6-5(9)3-11-12(6)8/h3H,4H2,1-2H3,(H,10,13). The number of nitrogens with one attached hydrogen (secondary N) is 1. The van der Waals surface area contributed by atoms with Crippen molar-refractivity contribution >= 4 is 28.5 Å². The van der Waals surface area contributed by atoms with Crippen molar-refractivity contribution in [2.24, 2.45) is 0 Å². The minimum Gasteiger partial charge on any atom is -0.348 e. The maximum Gasteiger partial charge on any atom is 0.270 e. The summed E-state index contributed by atoms with van der Waals surface area (Å²) in [5, 5.41) is 7.06. The Bertz CT molecular complexity index is 369. The topological polar surface area (TPSA) is 46.9 Å². The minimum atomic E-state index is -0.118. The molecule has 0 spiro atoms. The zero-order valence-corrected chi connectivity index (χ0v) is 9.62. The van der Waals surface area contributed by atoms with Crippen LogP contribution in [0.3, 0.4) is 0 Å². The molecule has 4 nitrogen and oxygen atoms in total. The Hall–Kier alpha value is -0.590. The number of halogens is 1. The smallest absolute Gasteiger partial charge is 0.270 e. The highest BCUT2D eigenvalue weighted by Crippen LogP contribution is 2.23. The van der Waals surface area contributed by atoms with Gasteiger partial charge < -0.3 is 5.32 Å². The van der Waals surface area contributed by atoms with E-state index in [1.54, 1.807) is 10.9 Å². The lowest BCUT2D eigenvalue weighted by molar-refractivity contribution is 0.0876. The number of carbonyl (C=O) groups excluding carboxylic acids is 1. The summed E-state index contributed by atoms with van der Waals surface area (Å²) < 4.78 is 2.70. The Balaban J connectivity index is 2.63. The van der Waals surface area contributed by atoms with Gasteiger partial charge in [0.1, 0.15) is 5.69 Å². The molecule has 0 bridgehead atoms. The van der Waals surface area contributed by atoms with E-state index in [2.05, 4.69) is 46.9 Å². The van der Waals surface area contributed by atoms with Gasteiger partial charge in [0.15, 0.2) is 0 Å². The third-order valence-electron chi connectivity index (χ3n) is 2.19. The molecule has 2 heterocycles. The fourth-order valence-corrected chi connectivity index (χ4v) is 2.05. The normalized spacial score (nSPS) is 19.5. The number of hydrogen-bond donors (Lipinski definition) is 1. The highest BCUT2D eigenvalue weighted by Gasteiger charge is 2.33. The summed E-state index contributed by atoms with van der Waals surface area (Å²) in [6.45, 7) is 4.74. The van der Waals surface area contributed by atoms with Gasteiger partial charge in [-0.25, -0.2) is 0 Å². The van der Waals surface area contributed by atoms with E-state index in [4.69, 9.17) is 0 Å². The molecule has 0 saturated heterocycles. The largest absolute Gasteiger partial charge is 0.348 e. The predicted octanol–water partition coefficient (Wildman–Crippen LogP) is 0.966. The number of hydrogen-bond acceptors (Lipinski definition) is 2. The molecule has 2 rings (SSSR count). The monoisotopic (exact) mass is 291 g/mol. The molecule has 1 aliphatic heterocycles. The van der Waals surface area contributed by atoms with Crippen molar-refractivity contribution in [3.05, 3.63) is 15.5 Å². The van der Waals surface area contributed by atoms with Crippen LogP contribution in [0.5, 0.6) is 0 Å². The average Bonchev–Trinajstić information content (AvgIpc) is 2.42. The van der Waals surface area contributed by atoms with Crippen LogP contribution in [-0.4, -0.2) is 22.2 Å². The van der Waals surface area contributed by atoms with Crippen molar-refractivity contribution in [3.63, 3.8) is 0 Å². The Morgan fingerprint density at radius 2 is 2.38 bits per heavy atom. The summed E-state index contributed by atoms with van der Waals surface area (Å²) in [7, 11) is 0. The molecule has 0 fully saturated rings. The van der Waals surface area contributed by atoms with Gasteiger partial charge in [-0.1, -0.05) is 0 Å². The van der Waals surface area contributed by atoms with E-state index in [1.165, 1.54) is 0 Å². The second-order valence-electron chi connectivity index (χ2n) is 3.75. The van der Waals surface area contributed by atoms with E-state index in [1.807, 2.05) is 0 Å². The lowest BCUT2D eigenvalue weighted by atomic mass is 10.0. The van der Waals surface area contributed by atoms with Crippen LogP contribution >= 0.6 is 22.6 Å². The molecular weight excluding hydrogens is 281 g/mol. The Morgan fingerprint density at radius 3 is 3.00 bits per heavy atom. The van der Waals surface area contributed by atoms with Crippen molar-refractivity contribution in [1.29, 1.82) is 0 Å². The van der Waals surface area contributed by atoms with Gasteiger partial charge in [0, 0.05) is 6.54 Å². The van der Waals surface area contributed by atoms with Crippen LogP contribution in [0.15, 0.2) is 6.20 Å². The first-order valence-corrected chi connectivity index (χ1v) is 5.12. The molecule has 1 aromatic rings. The van der Waals surface area contributed by atoms with Crippen LogP contribution in [0.4, 0.5) is 0 Å². The molecule has 0 aliphatic carbocycles. The Labute approximate surface area is 89.8 Å². The number of carbonyl (C=O) groups is 1. The van der Waals surface area contributed by atoms with Gasteiger partial charge in [-0.3, -0.25) is 9.48 Å². The predicted molar refractivity (Wildman–Crippen MR) is 56.6 cm³/mol. The van der Waals surface area contributed by atoms with E-state index >= 15 is 0 Å². The SMILES string of the molecule is CC1(C)CNC(=O)c2c(I)cnn21. The summed E-state index contributed by atoms with van der Waals surface area (Å²) in [4.78, 5) is 11.5. The van der Waals surface area contributed by atoms with Gasteiger partial charge in [0.2, 0.25) is 0 Å². The van der Waals surface area contributed by atoms with Crippen molar-refractivity contribution in [1.82, 2.24) is 15.1 Å². The fraction of sp³-hybridized carbons (Fsp3) is 0.500. The van der Waals surface area contributed by atoms with E-state index in [0.717, 1.165) is 3.57 Å². The van der Waals surface area contributed by atoms with Crippen LogP contribution in [0.1, 0.15) is 24.3 Å². The first kappa shape index (κ1) is 8.98. The van der Waals surface area contributed by atoms with Gasteiger partial charge in [0.25, 0.3) is 5.91 Å².